The van der Waals surface area contributed by atoms with E-state index in [1.54, 1.807) is 12.1 Å². The summed E-state index contributed by atoms with van der Waals surface area (Å²) < 4.78 is 28.5. The van der Waals surface area contributed by atoms with Crippen LogP contribution in [0, 0.1) is 10.1 Å². The first kappa shape index (κ1) is 17.4. The number of sulfone groups is 1. The Morgan fingerprint density at radius 3 is 2.58 bits per heavy atom. The van der Waals surface area contributed by atoms with Crippen LogP contribution < -0.4 is 10.1 Å². The summed E-state index contributed by atoms with van der Waals surface area (Å²) in [7, 11) is -3.49. The van der Waals surface area contributed by atoms with Crippen molar-refractivity contribution in [3.05, 3.63) is 58.6 Å². The number of benzene rings is 2. The number of rotatable bonds is 6. The smallest absolute Gasteiger partial charge is 0.273 e. The van der Waals surface area contributed by atoms with Crippen LogP contribution in [0.5, 0.6) is 5.75 Å². The molecule has 0 aromatic heterocycles. The lowest BCUT2D eigenvalue weighted by Crippen LogP contribution is -2.21. The van der Waals surface area contributed by atoms with Gasteiger partial charge in [0.1, 0.15) is 5.75 Å². The monoisotopic (exact) mass is 350 g/mol. The van der Waals surface area contributed by atoms with Gasteiger partial charge in [-0.25, -0.2) is 8.42 Å². The number of nitrogens with one attached hydrogen (secondary N) is 1. The van der Waals surface area contributed by atoms with Crippen molar-refractivity contribution in [2.75, 3.05) is 18.2 Å². The van der Waals surface area contributed by atoms with E-state index in [0.29, 0.717) is 0 Å². The fraction of sp³-hybridized carbons (Fsp3) is 0.133. The molecule has 0 saturated heterocycles. The molecular formula is C15H14N2O6S. The topological polar surface area (TPSA) is 116 Å². The second-order valence-electron chi connectivity index (χ2n) is 4.86. The van der Waals surface area contributed by atoms with Gasteiger partial charge in [-0.2, -0.15) is 0 Å². The SMILES string of the molecule is CS(=O)(=O)c1ccccc1NC(=O)COc1cccc([N+](=O)[O-])c1. The maximum absolute atomic E-state index is 11.9. The van der Waals surface area contributed by atoms with E-state index < -0.39 is 27.3 Å². The summed E-state index contributed by atoms with van der Waals surface area (Å²) in [6.45, 7) is -0.417. The van der Waals surface area contributed by atoms with Crippen molar-refractivity contribution in [1.82, 2.24) is 0 Å². The highest BCUT2D eigenvalue weighted by Crippen LogP contribution is 2.21. The molecule has 0 fully saturated rings. The molecule has 0 spiro atoms. The number of anilines is 1. The number of hydrogen-bond donors (Lipinski definition) is 1. The molecular weight excluding hydrogens is 336 g/mol. The lowest BCUT2D eigenvalue weighted by molar-refractivity contribution is -0.384. The number of ether oxygens (including phenoxy) is 1. The predicted octanol–water partition coefficient (Wildman–Crippen LogP) is 2.02. The predicted molar refractivity (Wildman–Crippen MR) is 86.8 cm³/mol. The molecule has 1 amide bonds. The summed E-state index contributed by atoms with van der Waals surface area (Å²) >= 11 is 0. The zero-order valence-electron chi connectivity index (χ0n) is 12.6. The molecule has 8 nitrogen and oxygen atoms in total. The highest BCUT2D eigenvalue weighted by atomic mass is 32.2. The van der Waals surface area contributed by atoms with Crippen molar-refractivity contribution >= 4 is 27.1 Å². The van der Waals surface area contributed by atoms with Gasteiger partial charge >= 0.3 is 0 Å². The molecule has 0 saturated carbocycles. The summed E-state index contributed by atoms with van der Waals surface area (Å²) in [6.07, 6.45) is 1.04. The van der Waals surface area contributed by atoms with E-state index in [1.165, 1.54) is 36.4 Å². The number of non-ortho nitro benzene ring substituents is 1. The van der Waals surface area contributed by atoms with Gasteiger partial charge in [-0.05, 0) is 18.2 Å². The van der Waals surface area contributed by atoms with Gasteiger partial charge in [0.05, 0.1) is 21.6 Å². The minimum atomic E-state index is -3.49. The van der Waals surface area contributed by atoms with Crippen LogP contribution in [0.3, 0.4) is 0 Å². The molecule has 2 rings (SSSR count). The zero-order chi connectivity index (χ0) is 17.7. The van der Waals surface area contributed by atoms with Crippen LogP contribution in [0.15, 0.2) is 53.4 Å². The van der Waals surface area contributed by atoms with E-state index in [0.717, 1.165) is 6.26 Å². The second kappa shape index (κ2) is 7.09. The second-order valence-corrected chi connectivity index (χ2v) is 6.84. The molecule has 0 atom stereocenters. The Hall–Kier alpha value is -2.94. The van der Waals surface area contributed by atoms with Gasteiger partial charge < -0.3 is 10.1 Å². The highest BCUT2D eigenvalue weighted by Gasteiger charge is 2.15. The van der Waals surface area contributed by atoms with Crippen molar-refractivity contribution in [1.29, 1.82) is 0 Å². The zero-order valence-corrected chi connectivity index (χ0v) is 13.4. The van der Waals surface area contributed by atoms with Gasteiger partial charge in [-0.3, -0.25) is 14.9 Å². The summed E-state index contributed by atoms with van der Waals surface area (Å²) in [5, 5.41) is 13.1. The van der Waals surface area contributed by atoms with Crippen molar-refractivity contribution in [2.24, 2.45) is 0 Å². The molecule has 126 valence electrons. The Kier molecular flexibility index (Phi) is 5.14. The fourth-order valence-electron chi connectivity index (χ4n) is 1.92. The van der Waals surface area contributed by atoms with E-state index >= 15 is 0 Å². The van der Waals surface area contributed by atoms with Crippen LogP contribution in [0.1, 0.15) is 0 Å². The van der Waals surface area contributed by atoms with Gasteiger partial charge in [0.15, 0.2) is 16.4 Å². The largest absolute Gasteiger partial charge is 0.484 e. The number of nitro benzene ring substituents is 1. The Morgan fingerprint density at radius 1 is 1.21 bits per heavy atom. The average molecular weight is 350 g/mol. The first-order chi connectivity index (χ1) is 11.3. The maximum atomic E-state index is 11.9. The Labute approximate surface area is 138 Å². The normalized spacial score (nSPS) is 10.9. The van der Waals surface area contributed by atoms with Crippen LogP contribution in [0.4, 0.5) is 11.4 Å². The number of nitrogens with zero attached hydrogens (tertiary/aromatic N) is 1. The Morgan fingerprint density at radius 2 is 1.92 bits per heavy atom. The van der Waals surface area contributed by atoms with Gasteiger partial charge in [-0.1, -0.05) is 18.2 Å². The van der Waals surface area contributed by atoms with Crippen molar-refractivity contribution in [3.8, 4) is 5.75 Å². The van der Waals surface area contributed by atoms with Gasteiger partial charge in [0.25, 0.3) is 11.6 Å². The van der Waals surface area contributed by atoms with Crippen molar-refractivity contribution < 1.29 is 22.9 Å². The summed E-state index contributed by atoms with van der Waals surface area (Å²) in [4.78, 5) is 22.0. The number of para-hydroxylation sites is 1. The van der Waals surface area contributed by atoms with Crippen LogP contribution in [0.2, 0.25) is 0 Å². The van der Waals surface area contributed by atoms with Crippen LogP contribution >= 0.6 is 0 Å². The van der Waals surface area contributed by atoms with E-state index in [2.05, 4.69) is 5.32 Å². The number of carbonyl (C=O) groups excluding carboxylic acids is 1. The molecule has 0 bridgehead atoms. The Bertz CT molecular complexity index is 879. The van der Waals surface area contributed by atoms with Crippen LogP contribution in [0.25, 0.3) is 0 Å². The molecule has 0 aliphatic heterocycles. The van der Waals surface area contributed by atoms with Crippen LogP contribution in [-0.4, -0.2) is 32.1 Å². The third kappa shape index (κ3) is 4.53. The van der Waals surface area contributed by atoms with E-state index in [1.807, 2.05) is 0 Å². The first-order valence-corrected chi connectivity index (χ1v) is 8.63. The molecule has 0 radical (unpaired) electrons. The fourth-order valence-corrected chi connectivity index (χ4v) is 2.76. The minimum Gasteiger partial charge on any atom is -0.484 e. The minimum absolute atomic E-state index is 0.00583. The number of hydrogen-bond acceptors (Lipinski definition) is 6. The molecule has 0 unspecified atom stereocenters. The molecule has 0 heterocycles. The lowest BCUT2D eigenvalue weighted by atomic mass is 10.3. The number of amides is 1. The van der Waals surface area contributed by atoms with E-state index in [4.69, 9.17) is 4.74 Å². The van der Waals surface area contributed by atoms with E-state index in [-0.39, 0.29) is 22.0 Å². The standard InChI is InChI=1S/C15H14N2O6S/c1-24(21,22)14-8-3-2-7-13(14)16-15(18)10-23-12-6-4-5-11(9-12)17(19)20/h2-9H,10H2,1H3,(H,16,18). The molecule has 2 aromatic carbocycles. The highest BCUT2D eigenvalue weighted by molar-refractivity contribution is 7.90. The third-order valence-electron chi connectivity index (χ3n) is 2.96. The first-order valence-electron chi connectivity index (χ1n) is 6.73. The van der Waals surface area contributed by atoms with Gasteiger partial charge in [0.2, 0.25) is 0 Å². The van der Waals surface area contributed by atoms with Crippen molar-refractivity contribution in [2.45, 2.75) is 4.90 Å². The summed E-state index contributed by atoms with van der Waals surface area (Å²) in [5.74, 6) is -0.423. The molecule has 1 N–H and O–H groups in total. The van der Waals surface area contributed by atoms with Crippen molar-refractivity contribution in [3.63, 3.8) is 0 Å². The lowest BCUT2D eigenvalue weighted by Gasteiger charge is -2.10. The average Bonchev–Trinajstić information content (AvgIpc) is 2.52. The number of carbonyl (C=O) groups is 1. The summed E-state index contributed by atoms with van der Waals surface area (Å²) in [5.41, 5.74) is -0.0111. The van der Waals surface area contributed by atoms with Gasteiger partial charge in [0, 0.05) is 12.3 Å². The molecule has 0 aliphatic carbocycles. The molecule has 2 aromatic rings. The molecule has 9 heteroatoms. The number of nitro groups is 1. The van der Waals surface area contributed by atoms with E-state index in [9.17, 15) is 23.3 Å². The quantitative estimate of drug-likeness (QED) is 0.629. The molecule has 24 heavy (non-hydrogen) atoms. The maximum Gasteiger partial charge on any atom is 0.273 e. The van der Waals surface area contributed by atoms with Crippen LogP contribution in [-0.2, 0) is 14.6 Å². The molecule has 0 aliphatic rings. The Balaban J connectivity index is 2.05. The summed E-state index contributed by atoms with van der Waals surface area (Å²) in [6, 6.07) is 11.4. The third-order valence-corrected chi connectivity index (χ3v) is 4.11. The van der Waals surface area contributed by atoms with Gasteiger partial charge in [-0.15, -0.1) is 0 Å².